The van der Waals surface area contributed by atoms with Gasteiger partial charge in [-0.2, -0.15) is 0 Å². The van der Waals surface area contributed by atoms with E-state index < -0.39 is 0 Å². The highest BCUT2D eigenvalue weighted by Gasteiger charge is 2.15. The highest BCUT2D eigenvalue weighted by Crippen LogP contribution is 2.26. The van der Waals surface area contributed by atoms with E-state index >= 15 is 0 Å². The van der Waals surface area contributed by atoms with Gasteiger partial charge in [-0.15, -0.1) is 0 Å². The van der Waals surface area contributed by atoms with Crippen LogP contribution in [0.4, 0.5) is 10.7 Å². The summed E-state index contributed by atoms with van der Waals surface area (Å²) in [5.74, 6) is 2.12. The number of hydrogen-bond donors (Lipinski definition) is 3. The van der Waals surface area contributed by atoms with Gasteiger partial charge in [-0.1, -0.05) is 32.0 Å². The van der Waals surface area contributed by atoms with Gasteiger partial charge in [-0.25, -0.2) is 0 Å². The lowest BCUT2D eigenvalue weighted by Gasteiger charge is -2.09. The highest BCUT2D eigenvalue weighted by atomic mass is 32.1. The molecule has 0 aliphatic heterocycles. The van der Waals surface area contributed by atoms with Crippen LogP contribution in [0.1, 0.15) is 19.4 Å². The van der Waals surface area contributed by atoms with Crippen molar-refractivity contribution >= 4 is 28.1 Å². The van der Waals surface area contributed by atoms with Crippen LogP contribution in [0.15, 0.2) is 64.4 Å². The molecule has 0 aliphatic carbocycles. The molecule has 3 rings (SSSR count). The fraction of sp³-hybridized carbons (Fsp3) is 0.200. The number of aliphatic imine (C=N–C) groups is 1. The van der Waals surface area contributed by atoms with Crippen LogP contribution >= 0.6 is 11.5 Å². The molecule has 0 bridgehead atoms. The standard InChI is InChI=1S/C20H22N4O2S/c1-13(2)12-22-18(21)17-19(25)24-27-20(17)23-14-8-10-16(11-9-14)26-15-6-4-3-5-7-15/h3-11,13,23H,12H2,1-2H3,(H2,21,22)(H,24,25). The van der Waals surface area contributed by atoms with E-state index in [9.17, 15) is 4.79 Å². The number of anilines is 2. The number of benzene rings is 2. The first-order valence-corrected chi connectivity index (χ1v) is 9.46. The molecule has 0 unspecified atom stereocenters. The molecule has 0 radical (unpaired) electrons. The quantitative estimate of drug-likeness (QED) is 0.419. The SMILES string of the molecule is CC(C)CN=C(N)c1c(Nc2ccc(Oc3ccccc3)cc2)s[nH]c1=O. The molecule has 0 aliphatic rings. The van der Waals surface area contributed by atoms with Gasteiger partial charge in [0.1, 0.15) is 27.9 Å². The van der Waals surface area contributed by atoms with Crippen molar-refractivity contribution < 1.29 is 4.74 Å². The van der Waals surface area contributed by atoms with Crippen molar-refractivity contribution in [1.29, 1.82) is 0 Å². The third kappa shape index (κ3) is 4.98. The molecule has 0 atom stereocenters. The van der Waals surface area contributed by atoms with Crippen molar-refractivity contribution in [2.75, 3.05) is 11.9 Å². The van der Waals surface area contributed by atoms with E-state index in [0.717, 1.165) is 17.2 Å². The molecule has 0 amide bonds. The molecule has 0 fully saturated rings. The smallest absolute Gasteiger partial charge is 0.271 e. The molecule has 1 heterocycles. The van der Waals surface area contributed by atoms with Crippen molar-refractivity contribution in [2.45, 2.75) is 13.8 Å². The van der Waals surface area contributed by atoms with Crippen molar-refractivity contribution in [3.05, 3.63) is 70.5 Å². The van der Waals surface area contributed by atoms with Gasteiger partial charge in [-0.05, 0) is 53.8 Å². The van der Waals surface area contributed by atoms with Crippen molar-refractivity contribution in [2.24, 2.45) is 16.6 Å². The maximum atomic E-state index is 12.1. The molecule has 1 aromatic heterocycles. The molecule has 27 heavy (non-hydrogen) atoms. The molecule has 140 valence electrons. The average Bonchev–Trinajstić information content (AvgIpc) is 3.02. The number of hydrogen-bond acceptors (Lipinski definition) is 5. The highest BCUT2D eigenvalue weighted by molar-refractivity contribution is 7.10. The van der Waals surface area contributed by atoms with Crippen LogP contribution in [0, 0.1) is 5.92 Å². The largest absolute Gasteiger partial charge is 0.457 e. The molecular weight excluding hydrogens is 360 g/mol. The third-order valence-electron chi connectivity index (χ3n) is 3.67. The summed E-state index contributed by atoms with van der Waals surface area (Å²) in [6, 6.07) is 17.1. The lowest BCUT2D eigenvalue weighted by atomic mass is 10.2. The zero-order valence-electron chi connectivity index (χ0n) is 15.2. The second kappa shape index (κ2) is 8.55. The first-order valence-electron chi connectivity index (χ1n) is 8.64. The molecule has 2 aromatic carbocycles. The van der Waals surface area contributed by atoms with Crippen LogP contribution in [0.3, 0.4) is 0 Å². The third-order valence-corrected chi connectivity index (χ3v) is 4.47. The van der Waals surface area contributed by atoms with E-state index in [2.05, 4.69) is 14.7 Å². The molecule has 0 saturated carbocycles. The predicted octanol–water partition coefficient (Wildman–Crippen LogP) is 4.33. The Labute approximate surface area is 161 Å². The average molecular weight is 382 g/mol. The molecule has 7 heteroatoms. The molecule has 3 aromatic rings. The number of rotatable bonds is 7. The Bertz CT molecular complexity index is 960. The minimum Gasteiger partial charge on any atom is -0.457 e. The van der Waals surface area contributed by atoms with Crippen molar-refractivity contribution in [3.8, 4) is 11.5 Å². The second-order valence-electron chi connectivity index (χ2n) is 6.42. The van der Waals surface area contributed by atoms with Gasteiger partial charge < -0.3 is 15.8 Å². The number of nitrogens with one attached hydrogen (secondary N) is 2. The summed E-state index contributed by atoms with van der Waals surface area (Å²) in [5.41, 5.74) is 6.99. The summed E-state index contributed by atoms with van der Waals surface area (Å²) in [6.45, 7) is 4.67. The first kappa shape index (κ1) is 18.7. The Balaban J connectivity index is 1.74. The Morgan fingerprint density at radius 1 is 1.15 bits per heavy atom. The normalized spacial score (nSPS) is 11.6. The van der Waals surface area contributed by atoms with E-state index in [1.54, 1.807) is 0 Å². The summed E-state index contributed by atoms with van der Waals surface area (Å²) >= 11 is 1.20. The number of ether oxygens (including phenoxy) is 1. The molecule has 4 N–H and O–H groups in total. The van der Waals surface area contributed by atoms with Gasteiger partial charge in [0.05, 0.1) is 0 Å². The summed E-state index contributed by atoms with van der Waals surface area (Å²) in [5, 5.41) is 3.86. The van der Waals surface area contributed by atoms with E-state index in [-0.39, 0.29) is 11.4 Å². The lowest BCUT2D eigenvalue weighted by Crippen LogP contribution is -2.23. The topological polar surface area (TPSA) is 92.5 Å². The van der Waals surface area contributed by atoms with Crippen molar-refractivity contribution in [3.63, 3.8) is 0 Å². The van der Waals surface area contributed by atoms with Crippen LogP contribution in [0.25, 0.3) is 0 Å². The molecular formula is C20H22N4O2S. The minimum absolute atomic E-state index is 0.239. The fourth-order valence-corrected chi connectivity index (χ4v) is 3.11. The number of H-pyrrole nitrogens is 1. The van der Waals surface area contributed by atoms with Gasteiger partial charge >= 0.3 is 0 Å². The zero-order valence-corrected chi connectivity index (χ0v) is 16.0. The number of aromatic amines is 1. The minimum atomic E-state index is -0.239. The Hall–Kier alpha value is -3.06. The molecule has 6 nitrogen and oxygen atoms in total. The van der Waals surface area contributed by atoms with Crippen LogP contribution < -0.4 is 21.3 Å². The van der Waals surface area contributed by atoms with Crippen molar-refractivity contribution in [1.82, 2.24) is 4.37 Å². The number of para-hydroxylation sites is 1. The lowest BCUT2D eigenvalue weighted by molar-refractivity contribution is 0.483. The van der Waals surface area contributed by atoms with Crippen LogP contribution in [-0.4, -0.2) is 16.8 Å². The van der Waals surface area contributed by atoms with Crippen LogP contribution in [-0.2, 0) is 0 Å². The van der Waals surface area contributed by atoms with Gasteiger partial charge in [0.2, 0.25) is 0 Å². The first-order chi connectivity index (χ1) is 13.0. The Kier molecular flexibility index (Phi) is 5.93. The van der Waals surface area contributed by atoms with E-state index in [0.29, 0.717) is 23.0 Å². The maximum Gasteiger partial charge on any atom is 0.271 e. The fourth-order valence-electron chi connectivity index (χ4n) is 2.35. The van der Waals surface area contributed by atoms with Gasteiger partial charge in [0.25, 0.3) is 5.56 Å². The van der Waals surface area contributed by atoms with Crippen LogP contribution in [0.5, 0.6) is 11.5 Å². The zero-order chi connectivity index (χ0) is 19.2. The summed E-state index contributed by atoms with van der Waals surface area (Å²) in [4.78, 5) is 16.4. The van der Waals surface area contributed by atoms with E-state index in [1.807, 2.05) is 68.4 Å². The number of amidine groups is 1. The number of nitrogens with zero attached hydrogens (tertiary/aromatic N) is 1. The maximum absolute atomic E-state index is 12.1. The number of nitrogens with two attached hydrogens (primary N) is 1. The van der Waals surface area contributed by atoms with E-state index in [4.69, 9.17) is 10.5 Å². The number of aromatic nitrogens is 1. The van der Waals surface area contributed by atoms with Gasteiger partial charge in [0, 0.05) is 12.2 Å². The Morgan fingerprint density at radius 2 is 1.81 bits per heavy atom. The molecule has 0 spiro atoms. The van der Waals surface area contributed by atoms with Crippen LogP contribution in [0.2, 0.25) is 0 Å². The second-order valence-corrected chi connectivity index (χ2v) is 7.24. The van der Waals surface area contributed by atoms with Gasteiger partial charge in [0.15, 0.2) is 0 Å². The van der Waals surface area contributed by atoms with E-state index in [1.165, 1.54) is 11.5 Å². The monoisotopic (exact) mass is 382 g/mol. The Morgan fingerprint density at radius 3 is 2.48 bits per heavy atom. The van der Waals surface area contributed by atoms with Gasteiger partial charge in [-0.3, -0.25) is 14.2 Å². The summed E-state index contributed by atoms with van der Waals surface area (Å²) in [6.07, 6.45) is 0. The molecule has 0 saturated heterocycles. The summed E-state index contributed by atoms with van der Waals surface area (Å²) in [7, 11) is 0. The summed E-state index contributed by atoms with van der Waals surface area (Å²) < 4.78 is 8.49. The predicted molar refractivity (Wildman–Crippen MR) is 112 cm³/mol.